The Morgan fingerprint density at radius 2 is 2.08 bits per heavy atom. The van der Waals surface area contributed by atoms with E-state index in [1.807, 2.05) is 0 Å². The van der Waals surface area contributed by atoms with Crippen LogP contribution in [-0.2, 0) is 0 Å². The molecule has 5 nitrogen and oxygen atoms in total. The number of nitro groups is 1. The molecule has 1 N–H and O–H groups in total. The van der Waals surface area contributed by atoms with Crippen LogP contribution in [0.4, 0.5) is 5.69 Å². The molecule has 5 heteroatoms. The summed E-state index contributed by atoms with van der Waals surface area (Å²) in [6.45, 7) is 0. The van der Waals surface area contributed by atoms with Gasteiger partial charge >= 0.3 is 0 Å². The van der Waals surface area contributed by atoms with Crippen LogP contribution in [0.25, 0.3) is 0 Å². The zero-order valence-corrected chi connectivity index (χ0v) is 6.69. The second kappa shape index (κ2) is 3.66. The largest absolute Gasteiger partial charge is 0.350 e. The lowest BCUT2D eigenvalue weighted by atomic mass is 10.2. The lowest BCUT2D eigenvalue weighted by molar-refractivity contribution is -0.385. The zero-order valence-electron chi connectivity index (χ0n) is 6.69. The van der Waals surface area contributed by atoms with Crippen LogP contribution >= 0.6 is 0 Å². The molecule has 0 heterocycles. The maximum atomic E-state index is 11.1. The van der Waals surface area contributed by atoms with Gasteiger partial charge in [0.05, 0.1) is 4.92 Å². The Morgan fingerprint density at radius 3 is 2.62 bits per heavy atom. The number of rotatable bonds is 2. The molecule has 1 radical (unpaired) electrons. The first kappa shape index (κ1) is 9.18. The van der Waals surface area contributed by atoms with Crippen molar-refractivity contribution in [3.63, 3.8) is 0 Å². The van der Waals surface area contributed by atoms with Gasteiger partial charge in [-0.15, -0.1) is 0 Å². The minimum Gasteiger partial charge on any atom is -0.350 e. The molecule has 0 fully saturated rings. The molecule has 0 unspecified atom stereocenters. The van der Waals surface area contributed by atoms with Crippen molar-refractivity contribution < 1.29 is 9.72 Å². The normalized spacial score (nSPS) is 9.31. The number of carbonyl (C=O) groups excluding carboxylic acids is 1. The van der Waals surface area contributed by atoms with E-state index in [4.69, 9.17) is 0 Å². The van der Waals surface area contributed by atoms with Crippen LogP contribution in [0.15, 0.2) is 24.3 Å². The molecule has 1 rings (SSSR count). The molecule has 0 atom stereocenters. The monoisotopic (exact) mass is 179 g/mol. The predicted molar refractivity (Wildman–Crippen MR) is 45.9 cm³/mol. The number of hydrogen-bond acceptors (Lipinski definition) is 3. The Bertz CT molecular complexity index is 349. The van der Waals surface area contributed by atoms with E-state index in [1.165, 1.54) is 18.2 Å². The zero-order chi connectivity index (χ0) is 9.84. The van der Waals surface area contributed by atoms with Gasteiger partial charge in [0.15, 0.2) is 0 Å². The van der Waals surface area contributed by atoms with Crippen LogP contribution in [0.3, 0.4) is 0 Å². The fourth-order valence-electron chi connectivity index (χ4n) is 0.920. The van der Waals surface area contributed by atoms with Crippen LogP contribution in [-0.4, -0.2) is 10.8 Å². The first-order chi connectivity index (χ1) is 6.16. The summed E-state index contributed by atoms with van der Waals surface area (Å²) >= 11 is 0. The molecule has 0 saturated heterocycles. The molecule has 1 aromatic rings. The van der Waals surface area contributed by atoms with Crippen molar-refractivity contribution in [2.45, 2.75) is 0 Å². The summed E-state index contributed by atoms with van der Waals surface area (Å²) in [5.74, 6) is -0.563. The highest BCUT2D eigenvalue weighted by atomic mass is 16.6. The van der Waals surface area contributed by atoms with E-state index >= 15 is 0 Å². The number of hydrogen-bond donors (Lipinski definition) is 1. The fraction of sp³-hybridized carbons (Fsp3) is 0. The van der Waals surface area contributed by atoms with Crippen LogP contribution in [0.1, 0.15) is 10.4 Å². The molecule has 0 saturated carbocycles. The maximum absolute atomic E-state index is 11.1. The Hall–Kier alpha value is -1.91. The number of nitrogens with zero attached hydrogens (tertiary/aromatic N) is 1. The minimum absolute atomic E-state index is 0.0162. The molecular weight excluding hydrogens is 172 g/mol. The average Bonchev–Trinajstić information content (AvgIpc) is 2.16. The smallest absolute Gasteiger partial charge is 0.282 e. The van der Waals surface area contributed by atoms with Gasteiger partial charge in [-0.2, -0.15) is 0 Å². The number of nitro benzene ring substituents is 1. The van der Waals surface area contributed by atoms with Gasteiger partial charge in [0, 0.05) is 13.1 Å². The van der Waals surface area contributed by atoms with Crippen molar-refractivity contribution in [2.75, 3.05) is 0 Å². The molecule has 1 amide bonds. The van der Waals surface area contributed by atoms with Gasteiger partial charge in [-0.1, -0.05) is 12.1 Å². The third-order valence-electron chi connectivity index (χ3n) is 1.51. The summed E-state index contributed by atoms with van der Waals surface area (Å²) in [5.41, 5.74) is -0.203. The Balaban J connectivity index is 3.19. The standard InChI is InChI=1S/C8H7N2O3/c1-9-8(11)6-4-2-3-5-7(6)10(12)13/h2-5H,1H2,(H,9,11). The molecule has 1 aromatic carbocycles. The number of para-hydroxylation sites is 1. The lowest BCUT2D eigenvalue weighted by Crippen LogP contribution is -2.16. The van der Waals surface area contributed by atoms with E-state index in [0.717, 1.165) is 0 Å². The summed E-state index contributed by atoms with van der Waals surface area (Å²) in [6.07, 6.45) is 0. The topological polar surface area (TPSA) is 72.2 Å². The quantitative estimate of drug-likeness (QED) is 0.546. The number of amides is 1. The number of benzene rings is 1. The van der Waals surface area contributed by atoms with Gasteiger partial charge in [0.2, 0.25) is 0 Å². The van der Waals surface area contributed by atoms with Crippen molar-refractivity contribution in [1.82, 2.24) is 5.32 Å². The molecule has 0 aliphatic heterocycles. The lowest BCUT2D eigenvalue weighted by Gasteiger charge is -1.99. The van der Waals surface area contributed by atoms with E-state index in [-0.39, 0.29) is 11.3 Å². The van der Waals surface area contributed by atoms with Crippen LogP contribution in [0.2, 0.25) is 0 Å². The van der Waals surface area contributed by atoms with Gasteiger partial charge in [0.1, 0.15) is 5.56 Å². The molecular formula is C8H7N2O3. The molecule has 13 heavy (non-hydrogen) atoms. The van der Waals surface area contributed by atoms with Crippen LogP contribution < -0.4 is 5.32 Å². The highest BCUT2D eigenvalue weighted by molar-refractivity contribution is 5.98. The van der Waals surface area contributed by atoms with Crippen LogP contribution in [0.5, 0.6) is 0 Å². The molecule has 0 aliphatic carbocycles. The Kier molecular flexibility index (Phi) is 2.59. The van der Waals surface area contributed by atoms with Gasteiger partial charge in [-0.25, -0.2) is 0 Å². The highest BCUT2D eigenvalue weighted by Crippen LogP contribution is 2.16. The fourth-order valence-corrected chi connectivity index (χ4v) is 0.920. The first-order valence-corrected chi connectivity index (χ1v) is 3.47. The first-order valence-electron chi connectivity index (χ1n) is 3.47. The van der Waals surface area contributed by atoms with Gasteiger partial charge < -0.3 is 5.32 Å². The van der Waals surface area contributed by atoms with E-state index in [1.54, 1.807) is 6.07 Å². The maximum Gasteiger partial charge on any atom is 0.282 e. The second-order valence-electron chi connectivity index (χ2n) is 2.28. The summed E-state index contributed by atoms with van der Waals surface area (Å²) in [7, 11) is 3.14. The molecule has 0 bridgehead atoms. The molecule has 0 spiro atoms. The van der Waals surface area contributed by atoms with Gasteiger partial charge in [-0.05, 0) is 6.07 Å². The molecule has 0 aliphatic rings. The van der Waals surface area contributed by atoms with Crippen molar-refractivity contribution in [1.29, 1.82) is 0 Å². The minimum atomic E-state index is -0.607. The summed E-state index contributed by atoms with van der Waals surface area (Å²) in [4.78, 5) is 20.9. The highest BCUT2D eigenvalue weighted by Gasteiger charge is 2.17. The van der Waals surface area contributed by atoms with Crippen molar-refractivity contribution in [3.05, 3.63) is 47.0 Å². The third kappa shape index (κ3) is 1.81. The number of carbonyl (C=O) groups is 1. The van der Waals surface area contributed by atoms with E-state index < -0.39 is 10.8 Å². The van der Waals surface area contributed by atoms with Gasteiger partial charge in [0.25, 0.3) is 11.6 Å². The average molecular weight is 179 g/mol. The van der Waals surface area contributed by atoms with E-state index in [0.29, 0.717) is 0 Å². The van der Waals surface area contributed by atoms with Crippen LogP contribution in [0, 0.1) is 17.2 Å². The third-order valence-corrected chi connectivity index (χ3v) is 1.51. The Labute approximate surface area is 74.5 Å². The van der Waals surface area contributed by atoms with Crippen molar-refractivity contribution in [2.24, 2.45) is 0 Å². The van der Waals surface area contributed by atoms with E-state index in [2.05, 4.69) is 12.4 Å². The van der Waals surface area contributed by atoms with Crippen molar-refractivity contribution in [3.8, 4) is 0 Å². The predicted octanol–water partition coefficient (Wildman–Crippen LogP) is 1.12. The second-order valence-corrected chi connectivity index (χ2v) is 2.28. The summed E-state index contributed by atoms with van der Waals surface area (Å²) in [6, 6.07) is 5.69. The molecule has 67 valence electrons. The summed E-state index contributed by atoms with van der Waals surface area (Å²) < 4.78 is 0. The van der Waals surface area contributed by atoms with Crippen molar-refractivity contribution >= 4 is 11.6 Å². The van der Waals surface area contributed by atoms with E-state index in [9.17, 15) is 14.9 Å². The number of nitrogens with one attached hydrogen (secondary N) is 1. The Morgan fingerprint density at radius 1 is 1.46 bits per heavy atom. The molecule has 0 aromatic heterocycles. The van der Waals surface area contributed by atoms with Gasteiger partial charge in [-0.3, -0.25) is 14.9 Å². The SMILES string of the molecule is [CH2]NC(=O)c1ccccc1[N+](=O)[O-]. The summed E-state index contributed by atoms with van der Waals surface area (Å²) in [5, 5.41) is 12.5.